The van der Waals surface area contributed by atoms with E-state index in [0.717, 1.165) is 28.8 Å². The van der Waals surface area contributed by atoms with Crippen LogP contribution in [0.1, 0.15) is 11.1 Å². The molecule has 2 aromatic carbocycles. The summed E-state index contributed by atoms with van der Waals surface area (Å²) in [5.74, 6) is 0.588. The van der Waals surface area contributed by atoms with E-state index in [1.54, 1.807) is 24.4 Å². The zero-order valence-corrected chi connectivity index (χ0v) is 15.0. The first kappa shape index (κ1) is 17.5. The van der Waals surface area contributed by atoms with E-state index in [-0.39, 0.29) is 0 Å². The van der Waals surface area contributed by atoms with Gasteiger partial charge in [-0.2, -0.15) is 4.98 Å². The van der Waals surface area contributed by atoms with Crippen LogP contribution in [-0.2, 0) is 11.2 Å². The smallest absolute Gasteiger partial charge is 0.408 e. The summed E-state index contributed by atoms with van der Waals surface area (Å²) in [7, 11) is 0. The van der Waals surface area contributed by atoms with Crippen molar-refractivity contribution in [2.24, 2.45) is 0 Å². The SMILES string of the molecule is Cc1cnc(Nc2ccc(CC=O)cc2)nc1Nc1ccc2oc(=O)[nH]c2c1. The van der Waals surface area contributed by atoms with E-state index < -0.39 is 5.76 Å². The monoisotopic (exact) mass is 375 g/mol. The molecule has 0 saturated heterocycles. The summed E-state index contributed by atoms with van der Waals surface area (Å²) >= 11 is 0. The van der Waals surface area contributed by atoms with E-state index in [4.69, 9.17) is 4.42 Å². The van der Waals surface area contributed by atoms with Crippen LogP contribution in [-0.4, -0.2) is 21.2 Å². The molecule has 4 rings (SSSR count). The lowest BCUT2D eigenvalue weighted by Crippen LogP contribution is -2.03. The Hall–Kier alpha value is -3.94. The highest BCUT2D eigenvalue weighted by Gasteiger charge is 2.07. The van der Waals surface area contributed by atoms with Crippen molar-refractivity contribution in [2.45, 2.75) is 13.3 Å². The van der Waals surface area contributed by atoms with Crippen LogP contribution in [0.15, 0.2) is 57.9 Å². The number of hydrogen-bond donors (Lipinski definition) is 3. The van der Waals surface area contributed by atoms with Gasteiger partial charge in [0.2, 0.25) is 5.95 Å². The summed E-state index contributed by atoms with van der Waals surface area (Å²) in [5, 5.41) is 6.38. The second kappa shape index (κ2) is 7.36. The number of carbonyl (C=O) groups excluding carboxylic acids is 1. The molecular weight excluding hydrogens is 358 g/mol. The number of nitrogens with one attached hydrogen (secondary N) is 3. The second-order valence-electron chi connectivity index (χ2n) is 6.27. The summed E-state index contributed by atoms with van der Waals surface area (Å²) in [6, 6.07) is 12.8. The predicted octanol–water partition coefficient (Wildman–Crippen LogP) is 3.45. The highest BCUT2D eigenvalue weighted by atomic mass is 16.4. The molecule has 2 heterocycles. The Balaban J connectivity index is 1.55. The van der Waals surface area contributed by atoms with Gasteiger partial charge in [0.05, 0.1) is 5.52 Å². The number of carbonyl (C=O) groups is 1. The Bertz CT molecular complexity index is 1190. The topological polar surface area (TPSA) is 113 Å². The summed E-state index contributed by atoms with van der Waals surface area (Å²) in [5.41, 5.74) is 4.50. The van der Waals surface area contributed by atoms with Gasteiger partial charge < -0.3 is 19.8 Å². The molecule has 0 atom stereocenters. The minimum Gasteiger partial charge on any atom is -0.408 e. The van der Waals surface area contributed by atoms with Crippen molar-refractivity contribution in [3.05, 3.63) is 70.3 Å². The molecule has 0 bridgehead atoms. The number of fused-ring (bicyclic) bond motifs is 1. The largest absolute Gasteiger partial charge is 0.417 e. The number of benzene rings is 2. The van der Waals surface area contributed by atoms with Crippen molar-refractivity contribution in [3.63, 3.8) is 0 Å². The van der Waals surface area contributed by atoms with E-state index in [0.29, 0.717) is 29.3 Å². The molecule has 4 aromatic rings. The Morgan fingerprint density at radius 1 is 1.11 bits per heavy atom. The Morgan fingerprint density at radius 2 is 1.89 bits per heavy atom. The average molecular weight is 375 g/mol. The average Bonchev–Trinajstić information content (AvgIpc) is 3.05. The Kier molecular flexibility index (Phi) is 4.59. The first-order valence-corrected chi connectivity index (χ1v) is 8.64. The predicted molar refractivity (Wildman–Crippen MR) is 106 cm³/mol. The quantitative estimate of drug-likeness (QED) is 0.442. The van der Waals surface area contributed by atoms with E-state index in [9.17, 15) is 9.59 Å². The first-order chi connectivity index (χ1) is 13.6. The molecule has 0 spiro atoms. The van der Waals surface area contributed by atoms with Gasteiger partial charge in [-0.05, 0) is 42.8 Å². The lowest BCUT2D eigenvalue weighted by Gasteiger charge is -2.11. The number of aromatic nitrogens is 3. The molecule has 28 heavy (non-hydrogen) atoms. The Labute approximate surface area is 159 Å². The molecule has 0 saturated carbocycles. The Morgan fingerprint density at radius 3 is 2.68 bits per heavy atom. The number of rotatable bonds is 6. The highest BCUT2D eigenvalue weighted by Crippen LogP contribution is 2.23. The zero-order valence-electron chi connectivity index (χ0n) is 15.0. The third-order valence-electron chi connectivity index (χ3n) is 4.18. The summed E-state index contributed by atoms with van der Waals surface area (Å²) in [6.07, 6.45) is 2.98. The van der Waals surface area contributed by atoms with Crippen LogP contribution >= 0.6 is 0 Å². The molecule has 3 N–H and O–H groups in total. The molecule has 8 nitrogen and oxygen atoms in total. The van der Waals surface area contributed by atoms with E-state index in [2.05, 4.69) is 25.6 Å². The number of nitrogens with zero attached hydrogens (tertiary/aromatic N) is 2. The van der Waals surface area contributed by atoms with Crippen molar-refractivity contribution >= 4 is 40.5 Å². The van der Waals surface area contributed by atoms with Gasteiger partial charge in [0.1, 0.15) is 12.1 Å². The minimum absolute atomic E-state index is 0.391. The van der Waals surface area contributed by atoms with E-state index in [1.165, 1.54) is 0 Å². The van der Waals surface area contributed by atoms with Crippen LogP contribution in [0.25, 0.3) is 11.1 Å². The van der Waals surface area contributed by atoms with Gasteiger partial charge >= 0.3 is 5.76 Å². The molecule has 0 fully saturated rings. The van der Waals surface area contributed by atoms with Crippen molar-refractivity contribution in [3.8, 4) is 0 Å². The van der Waals surface area contributed by atoms with Gasteiger partial charge in [0.15, 0.2) is 5.58 Å². The molecule has 0 radical (unpaired) electrons. The molecular formula is C20H17N5O3. The fourth-order valence-corrected chi connectivity index (χ4v) is 2.74. The number of aryl methyl sites for hydroxylation is 1. The molecule has 0 aliphatic carbocycles. The van der Waals surface area contributed by atoms with Gasteiger partial charge in [-0.25, -0.2) is 9.78 Å². The summed E-state index contributed by atoms with van der Waals surface area (Å²) < 4.78 is 5.01. The molecule has 0 aliphatic rings. The lowest BCUT2D eigenvalue weighted by molar-refractivity contribution is -0.107. The third kappa shape index (κ3) is 3.75. The third-order valence-corrected chi connectivity index (χ3v) is 4.18. The lowest BCUT2D eigenvalue weighted by atomic mass is 10.1. The normalized spacial score (nSPS) is 10.8. The van der Waals surface area contributed by atoms with Gasteiger partial charge in [0.25, 0.3) is 0 Å². The first-order valence-electron chi connectivity index (χ1n) is 8.64. The van der Waals surface area contributed by atoms with Crippen LogP contribution in [0.3, 0.4) is 0 Å². The maximum atomic E-state index is 11.3. The van der Waals surface area contributed by atoms with Crippen molar-refractivity contribution < 1.29 is 9.21 Å². The van der Waals surface area contributed by atoms with E-state index in [1.807, 2.05) is 31.2 Å². The van der Waals surface area contributed by atoms with E-state index >= 15 is 0 Å². The van der Waals surface area contributed by atoms with Crippen LogP contribution < -0.4 is 16.4 Å². The number of aromatic amines is 1. The number of aldehydes is 1. The van der Waals surface area contributed by atoms with Crippen LogP contribution in [0, 0.1) is 6.92 Å². The van der Waals surface area contributed by atoms with Crippen LogP contribution in [0.4, 0.5) is 23.1 Å². The van der Waals surface area contributed by atoms with Gasteiger partial charge in [-0.15, -0.1) is 0 Å². The minimum atomic E-state index is -0.490. The number of oxazole rings is 1. The van der Waals surface area contributed by atoms with Crippen LogP contribution in [0.5, 0.6) is 0 Å². The van der Waals surface area contributed by atoms with Crippen molar-refractivity contribution in [2.75, 3.05) is 10.6 Å². The van der Waals surface area contributed by atoms with Gasteiger partial charge in [-0.3, -0.25) is 4.98 Å². The molecule has 0 amide bonds. The summed E-state index contributed by atoms with van der Waals surface area (Å²) in [6.45, 7) is 1.90. The standard InChI is InChI=1S/C20H17N5O3/c1-12-11-21-19(23-14-4-2-13(3-5-14)8-9-26)25-18(12)22-15-6-7-17-16(10-15)24-20(27)28-17/h2-7,9-11H,8H2,1H3,(H,24,27)(H2,21,22,23,25). The molecule has 140 valence electrons. The zero-order chi connectivity index (χ0) is 19.5. The molecule has 2 aromatic heterocycles. The fourth-order valence-electron chi connectivity index (χ4n) is 2.74. The summed E-state index contributed by atoms with van der Waals surface area (Å²) in [4.78, 5) is 33.3. The highest BCUT2D eigenvalue weighted by molar-refractivity contribution is 5.78. The van der Waals surface area contributed by atoms with Crippen LogP contribution in [0.2, 0.25) is 0 Å². The number of anilines is 4. The number of H-pyrrole nitrogens is 1. The fraction of sp³-hybridized carbons (Fsp3) is 0.100. The maximum absolute atomic E-state index is 11.3. The molecule has 8 heteroatoms. The number of hydrogen-bond acceptors (Lipinski definition) is 7. The maximum Gasteiger partial charge on any atom is 0.417 e. The van der Waals surface area contributed by atoms with Crippen molar-refractivity contribution in [1.82, 2.24) is 15.0 Å². The second-order valence-corrected chi connectivity index (χ2v) is 6.27. The molecule has 0 aliphatic heterocycles. The van der Waals surface area contributed by atoms with Gasteiger partial charge in [0, 0.05) is 29.6 Å². The van der Waals surface area contributed by atoms with Gasteiger partial charge in [-0.1, -0.05) is 12.1 Å². The molecule has 0 unspecified atom stereocenters. The van der Waals surface area contributed by atoms with Crippen molar-refractivity contribution in [1.29, 1.82) is 0 Å².